The zero-order valence-electron chi connectivity index (χ0n) is 8.48. The van der Waals surface area contributed by atoms with Crippen molar-refractivity contribution < 1.29 is 0 Å². The molecule has 1 N–H and O–H groups in total. The normalized spacial score (nSPS) is 9.87. The van der Waals surface area contributed by atoms with Gasteiger partial charge in [-0.25, -0.2) is 0 Å². The molecule has 0 heterocycles. The van der Waals surface area contributed by atoms with Crippen LogP contribution in [0, 0.1) is 0 Å². The van der Waals surface area contributed by atoms with Crippen LogP contribution in [0.25, 0.3) is 0 Å². The topological polar surface area (TPSA) is 12.0 Å². The highest BCUT2D eigenvalue weighted by Crippen LogP contribution is 2.06. The lowest BCUT2D eigenvalue weighted by Gasteiger charge is -2.06. The van der Waals surface area contributed by atoms with Gasteiger partial charge in [0.2, 0.25) is 0 Å². The number of anilines is 1. The van der Waals surface area contributed by atoms with E-state index in [0.717, 1.165) is 17.7 Å². The van der Waals surface area contributed by atoms with Crippen LogP contribution < -0.4 is 10.8 Å². The van der Waals surface area contributed by atoms with E-state index in [9.17, 15) is 0 Å². The van der Waals surface area contributed by atoms with E-state index in [4.69, 9.17) is 7.85 Å². The van der Waals surface area contributed by atoms with Gasteiger partial charge in [0.15, 0.2) is 0 Å². The lowest BCUT2D eigenvalue weighted by molar-refractivity contribution is 1.15. The SMILES string of the molecule is [B]c1ccc(NCc2ccccc2)cc1. The van der Waals surface area contributed by atoms with Gasteiger partial charge < -0.3 is 5.32 Å². The third kappa shape index (κ3) is 2.88. The Bertz CT molecular complexity index is 408. The molecule has 2 heteroatoms. The molecule has 72 valence electrons. The molecule has 0 fully saturated rings. The Morgan fingerprint density at radius 2 is 1.53 bits per heavy atom. The first-order chi connectivity index (χ1) is 7.34. The minimum atomic E-state index is 0.792. The summed E-state index contributed by atoms with van der Waals surface area (Å²) >= 11 is 0. The molecule has 2 radical (unpaired) electrons. The van der Waals surface area contributed by atoms with Crippen molar-refractivity contribution in [3.05, 3.63) is 60.2 Å². The molecule has 0 aliphatic heterocycles. The van der Waals surface area contributed by atoms with Crippen molar-refractivity contribution in [1.82, 2.24) is 0 Å². The quantitative estimate of drug-likeness (QED) is 0.736. The summed E-state index contributed by atoms with van der Waals surface area (Å²) in [6.45, 7) is 0.838. The van der Waals surface area contributed by atoms with Crippen LogP contribution in [0.5, 0.6) is 0 Å². The van der Waals surface area contributed by atoms with E-state index in [2.05, 4.69) is 17.4 Å². The van der Waals surface area contributed by atoms with E-state index in [-0.39, 0.29) is 0 Å². The Morgan fingerprint density at radius 3 is 2.20 bits per heavy atom. The molecule has 0 amide bonds. The molecule has 0 spiro atoms. The summed E-state index contributed by atoms with van der Waals surface area (Å²) in [4.78, 5) is 0. The first-order valence-electron chi connectivity index (χ1n) is 4.98. The number of hydrogen-bond donors (Lipinski definition) is 1. The average Bonchev–Trinajstić information content (AvgIpc) is 2.30. The predicted molar refractivity (Wildman–Crippen MR) is 65.6 cm³/mol. The van der Waals surface area contributed by atoms with Crippen LogP contribution in [0.2, 0.25) is 0 Å². The van der Waals surface area contributed by atoms with Crippen molar-refractivity contribution in [2.24, 2.45) is 0 Å². The number of rotatable bonds is 3. The molecule has 0 aliphatic rings. The van der Waals surface area contributed by atoms with Gasteiger partial charge >= 0.3 is 0 Å². The molecule has 0 aliphatic carbocycles. The van der Waals surface area contributed by atoms with Crippen molar-refractivity contribution in [2.75, 3.05) is 5.32 Å². The van der Waals surface area contributed by atoms with Gasteiger partial charge in [-0.15, -0.1) is 0 Å². The first-order valence-corrected chi connectivity index (χ1v) is 4.98. The Morgan fingerprint density at radius 1 is 0.867 bits per heavy atom. The molecule has 15 heavy (non-hydrogen) atoms. The molecule has 0 bridgehead atoms. The van der Waals surface area contributed by atoms with Gasteiger partial charge in [-0.2, -0.15) is 0 Å². The molecule has 0 atom stereocenters. The van der Waals surface area contributed by atoms with Crippen LogP contribution in [-0.2, 0) is 6.54 Å². The summed E-state index contributed by atoms with van der Waals surface area (Å²) in [5, 5.41) is 3.33. The second kappa shape index (κ2) is 4.69. The molecule has 0 saturated heterocycles. The number of hydrogen-bond acceptors (Lipinski definition) is 1. The molecule has 2 rings (SSSR count). The highest BCUT2D eigenvalue weighted by molar-refractivity contribution is 6.32. The fourth-order valence-electron chi connectivity index (χ4n) is 1.40. The zero-order valence-corrected chi connectivity index (χ0v) is 8.48. The highest BCUT2D eigenvalue weighted by Gasteiger charge is 1.92. The summed E-state index contributed by atoms with van der Waals surface area (Å²) in [5.41, 5.74) is 3.16. The Kier molecular flexibility index (Phi) is 3.08. The molecule has 0 saturated carbocycles. The van der Waals surface area contributed by atoms with Gasteiger partial charge in [-0.1, -0.05) is 47.9 Å². The minimum Gasteiger partial charge on any atom is -0.381 e. The van der Waals surface area contributed by atoms with Crippen LogP contribution in [-0.4, -0.2) is 7.85 Å². The maximum atomic E-state index is 5.61. The standard InChI is InChI=1S/C13H12BN/c14-12-6-8-13(9-7-12)15-10-11-4-2-1-3-5-11/h1-9,15H,10H2. The van der Waals surface area contributed by atoms with E-state index in [1.165, 1.54) is 5.56 Å². The zero-order chi connectivity index (χ0) is 10.5. The van der Waals surface area contributed by atoms with E-state index in [1.54, 1.807) is 0 Å². The second-order valence-corrected chi connectivity index (χ2v) is 3.46. The van der Waals surface area contributed by atoms with E-state index in [0.29, 0.717) is 0 Å². The summed E-state index contributed by atoms with van der Waals surface area (Å²) in [5.74, 6) is 0. The van der Waals surface area contributed by atoms with Crippen molar-refractivity contribution in [3.63, 3.8) is 0 Å². The largest absolute Gasteiger partial charge is 0.381 e. The van der Waals surface area contributed by atoms with E-state index in [1.807, 2.05) is 42.5 Å². The Balaban J connectivity index is 1.96. The van der Waals surface area contributed by atoms with Gasteiger partial charge in [-0.3, -0.25) is 0 Å². The van der Waals surface area contributed by atoms with Crippen molar-refractivity contribution in [1.29, 1.82) is 0 Å². The van der Waals surface area contributed by atoms with E-state index >= 15 is 0 Å². The third-order valence-electron chi connectivity index (χ3n) is 2.25. The lowest BCUT2D eigenvalue weighted by Crippen LogP contribution is -2.03. The van der Waals surface area contributed by atoms with E-state index < -0.39 is 0 Å². The summed E-state index contributed by atoms with van der Waals surface area (Å²) in [6, 6.07) is 18.1. The average molecular weight is 193 g/mol. The summed E-state index contributed by atoms with van der Waals surface area (Å²) in [7, 11) is 5.61. The molecular weight excluding hydrogens is 181 g/mol. The first kappa shape index (κ1) is 9.84. The maximum absolute atomic E-state index is 5.61. The highest BCUT2D eigenvalue weighted by atomic mass is 14.9. The van der Waals surface area contributed by atoms with Crippen LogP contribution >= 0.6 is 0 Å². The number of benzene rings is 2. The molecule has 0 unspecified atom stereocenters. The fraction of sp³-hybridized carbons (Fsp3) is 0.0769. The number of nitrogens with one attached hydrogen (secondary N) is 1. The lowest BCUT2D eigenvalue weighted by atomic mass is 9.96. The molecule has 2 aromatic rings. The van der Waals surface area contributed by atoms with Gasteiger partial charge in [0.25, 0.3) is 0 Å². The van der Waals surface area contributed by atoms with Crippen LogP contribution in [0.4, 0.5) is 5.69 Å². The second-order valence-electron chi connectivity index (χ2n) is 3.46. The molecule has 0 aromatic heterocycles. The van der Waals surface area contributed by atoms with Gasteiger partial charge in [0.05, 0.1) is 0 Å². The van der Waals surface area contributed by atoms with Crippen LogP contribution in [0.3, 0.4) is 0 Å². The molecule has 2 aromatic carbocycles. The fourth-order valence-corrected chi connectivity index (χ4v) is 1.40. The van der Waals surface area contributed by atoms with Crippen LogP contribution in [0.15, 0.2) is 54.6 Å². The van der Waals surface area contributed by atoms with Crippen molar-refractivity contribution in [2.45, 2.75) is 6.54 Å². The van der Waals surface area contributed by atoms with Crippen molar-refractivity contribution in [3.8, 4) is 0 Å². The van der Waals surface area contributed by atoms with Gasteiger partial charge in [0, 0.05) is 12.2 Å². The smallest absolute Gasteiger partial charge is 0.113 e. The Hall–Kier alpha value is -1.70. The Labute approximate surface area is 91.6 Å². The van der Waals surface area contributed by atoms with Crippen LogP contribution in [0.1, 0.15) is 5.56 Å². The van der Waals surface area contributed by atoms with Gasteiger partial charge in [-0.05, 0) is 17.7 Å². The van der Waals surface area contributed by atoms with Crippen molar-refractivity contribution >= 4 is 19.0 Å². The maximum Gasteiger partial charge on any atom is 0.113 e. The monoisotopic (exact) mass is 193 g/mol. The minimum absolute atomic E-state index is 0.792. The van der Waals surface area contributed by atoms with Gasteiger partial charge in [0.1, 0.15) is 7.85 Å². The molecular formula is C13H12BN. The molecule has 1 nitrogen and oxygen atoms in total. The predicted octanol–water partition coefficient (Wildman–Crippen LogP) is 2.09. The summed E-state index contributed by atoms with van der Waals surface area (Å²) in [6.07, 6.45) is 0. The third-order valence-corrected chi connectivity index (χ3v) is 2.25. The summed E-state index contributed by atoms with van der Waals surface area (Å²) < 4.78 is 0.